The van der Waals surface area contributed by atoms with Crippen molar-refractivity contribution in [3.05, 3.63) is 60.2 Å². The van der Waals surface area contributed by atoms with E-state index in [1.807, 2.05) is 49.4 Å². The summed E-state index contributed by atoms with van der Waals surface area (Å²) in [6.07, 6.45) is -0.784. The van der Waals surface area contributed by atoms with Crippen LogP contribution < -0.4 is 10.1 Å². The van der Waals surface area contributed by atoms with Crippen LogP contribution in [-0.4, -0.2) is 24.6 Å². The molecule has 0 spiro atoms. The van der Waals surface area contributed by atoms with Gasteiger partial charge in [-0.05, 0) is 38.1 Å². The molecule has 2 rings (SSSR count). The molecule has 5 heteroatoms. The third kappa shape index (κ3) is 5.76. The van der Waals surface area contributed by atoms with Gasteiger partial charge in [0.15, 0.2) is 6.10 Å². The topological polar surface area (TPSA) is 64.6 Å². The largest absolute Gasteiger partial charge is 0.493 e. The molecule has 0 aliphatic heterocycles. The minimum atomic E-state index is -0.864. The van der Waals surface area contributed by atoms with Crippen LogP contribution in [0.25, 0.3) is 0 Å². The highest BCUT2D eigenvalue weighted by molar-refractivity contribution is 5.95. The number of carbonyl (C=O) groups is 2. The molecular formula is C19H21NO4. The first-order chi connectivity index (χ1) is 11.5. The molecule has 0 aliphatic rings. The molecule has 0 fully saturated rings. The molecule has 1 unspecified atom stereocenters. The quantitative estimate of drug-likeness (QED) is 0.792. The number of nitrogens with one attached hydrogen (secondary N) is 1. The Morgan fingerprint density at radius 2 is 1.71 bits per heavy atom. The van der Waals surface area contributed by atoms with Crippen LogP contribution in [0.1, 0.15) is 18.9 Å². The molecule has 0 aromatic heterocycles. The van der Waals surface area contributed by atoms with E-state index in [-0.39, 0.29) is 18.9 Å². The zero-order chi connectivity index (χ0) is 17.4. The minimum Gasteiger partial charge on any atom is -0.493 e. The van der Waals surface area contributed by atoms with E-state index in [9.17, 15) is 9.59 Å². The van der Waals surface area contributed by atoms with Crippen LogP contribution in [0.2, 0.25) is 0 Å². The first-order valence-corrected chi connectivity index (χ1v) is 7.79. The van der Waals surface area contributed by atoms with Crippen molar-refractivity contribution in [2.45, 2.75) is 26.4 Å². The van der Waals surface area contributed by atoms with Crippen molar-refractivity contribution in [1.29, 1.82) is 0 Å². The number of carbonyl (C=O) groups excluding carboxylic acids is 2. The van der Waals surface area contributed by atoms with E-state index in [4.69, 9.17) is 9.47 Å². The molecular weight excluding hydrogens is 306 g/mol. The van der Waals surface area contributed by atoms with Crippen LogP contribution in [-0.2, 0) is 14.3 Å². The van der Waals surface area contributed by atoms with Crippen LogP contribution in [0, 0.1) is 6.92 Å². The molecule has 0 radical (unpaired) electrons. The summed E-state index contributed by atoms with van der Waals surface area (Å²) in [6, 6.07) is 16.6. The van der Waals surface area contributed by atoms with E-state index >= 15 is 0 Å². The number of esters is 1. The molecule has 24 heavy (non-hydrogen) atoms. The van der Waals surface area contributed by atoms with Gasteiger partial charge in [0.2, 0.25) is 0 Å². The van der Waals surface area contributed by atoms with E-state index in [2.05, 4.69) is 5.32 Å². The van der Waals surface area contributed by atoms with Crippen LogP contribution in [0.5, 0.6) is 5.75 Å². The third-order valence-corrected chi connectivity index (χ3v) is 3.31. The summed E-state index contributed by atoms with van der Waals surface area (Å²) in [6.45, 7) is 3.73. The van der Waals surface area contributed by atoms with Crippen molar-refractivity contribution < 1.29 is 19.1 Å². The highest BCUT2D eigenvalue weighted by Gasteiger charge is 2.17. The molecule has 0 bridgehead atoms. The first-order valence-electron chi connectivity index (χ1n) is 7.79. The molecule has 0 saturated heterocycles. The van der Waals surface area contributed by atoms with Gasteiger partial charge in [-0.3, -0.25) is 9.59 Å². The number of hydrogen-bond donors (Lipinski definition) is 1. The molecule has 2 aromatic rings. The van der Waals surface area contributed by atoms with Crippen LogP contribution in [0.3, 0.4) is 0 Å². The number of anilines is 1. The number of hydrogen-bond acceptors (Lipinski definition) is 4. The summed E-state index contributed by atoms with van der Waals surface area (Å²) in [5.41, 5.74) is 1.80. The maximum Gasteiger partial charge on any atom is 0.310 e. The summed E-state index contributed by atoms with van der Waals surface area (Å²) in [4.78, 5) is 23.7. The van der Waals surface area contributed by atoms with Gasteiger partial charge in [-0.25, -0.2) is 0 Å². The van der Waals surface area contributed by atoms with Crippen LogP contribution in [0.4, 0.5) is 5.69 Å². The Morgan fingerprint density at radius 3 is 2.38 bits per heavy atom. The van der Waals surface area contributed by atoms with Gasteiger partial charge in [-0.2, -0.15) is 0 Å². The molecule has 0 saturated carbocycles. The molecule has 2 aromatic carbocycles. The average Bonchev–Trinajstić information content (AvgIpc) is 2.57. The number of ether oxygens (including phenoxy) is 2. The maximum atomic E-state index is 12.0. The van der Waals surface area contributed by atoms with E-state index in [0.717, 1.165) is 5.56 Å². The minimum absolute atomic E-state index is 0.0802. The normalized spacial score (nSPS) is 11.4. The molecule has 1 amide bonds. The Morgan fingerprint density at radius 1 is 1.04 bits per heavy atom. The fourth-order valence-corrected chi connectivity index (χ4v) is 1.96. The molecule has 0 heterocycles. The maximum absolute atomic E-state index is 12.0. The first kappa shape index (κ1) is 17.5. The molecule has 1 atom stereocenters. The Balaban J connectivity index is 1.71. The molecule has 5 nitrogen and oxygen atoms in total. The predicted octanol–water partition coefficient (Wildman–Crippen LogP) is 3.33. The fourth-order valence-electron chi connectivity index (χ4n) is 1.96. The highest BCUT2D eigenvalue weighted by atomic mass is 16.5. The second-order valence-corrected chi connectivity index (χ2v) is 5.40. The van der Waals surface area contributed by atoms with E-state index in [1.165, 1.54) is 6.92 Å². The van der Waals surface area contributed by atoms with E-state index in [0.29, 0.717) is 11.4 Å². The zero-order valence-electron chi connectivity index (χ0n) is 13.8. The summed E-state index contributed by atoms with van der Waals surface area (Å²) < 4.78 is 10.6. The molecule has 1 N–H and O–H groups in total. The third-order valence-electron chi connectivity index (χ3n) is 3.31. The molecule has 0 aliphatic carbocycles. The predicted molar refractivity (Wildman–Crippen MR) is 91.9 cm³/mol. The van der Waals surface area contributed by atoms with Crippen molar-refractivity contribution in [1.82, 2.24) is 0 Å². The Labute approximate surface area is 141 Å². The van der Waals surface area contributed by atoms with Gasteiger partial charge in [0.1, 0.15) is 5.75 Å². The number of benzene rings is 2. The van der Waals surface area contributed by atoms with Gasteiger partial charge < -0.3 is 14.8 Å². The second-order valence-electron chi connectivity index (χ2n) is 5.40. The average molecular weight is 327 g/mol. The SMILES string of the molecule is Cc1ccc(OCCC(=O)OC(C)C(=O)Nc2ccccc2)cc1. The van der Waals surface area contributed by atoms with Crippen molar-refractivity contribution in [2.75, 3.05) is 11.9 Å². The monoisotopic (exact) mass is 327 g/mol. The number of para-hydroxylation sites is 1. The summed E-state index contributed by atoms with van der Waals surface area (Å²) in [5, 5.41) is 2.69. The van der Waals surface area contributed by atoms with Gasteiger partial charge in [0.25, 0.3) is 5.91 Å². The van der Waals surface area contributed by atoms with Gasteiger partial charge in [0.05, 0.1) is 13.0 Å². The van der Waals surface area contributed by atoms with Crippen LogP contribution in [0.15, 0.2) is 54.6 Å². The van der Waals surface area contributed by atoms with Crippen molar-refractivity contribution in [3.8, 4) is 5.75 Å². The zero-order valence-corrected chi connectivity index (χ0v) is 13.8. The summed E-state index contributed by atoms with van der Waals surface area (Å²) >= 11 is 0. The van der Waals surface area contributed by atoms with Gasteiger partial charge in [-0.1, -0.05) is 35.9 Å². The van der Waals surface area contributed by atoms with Gasteiger partial charge in [0, 0.05) is 5.69 Å². The van der Waals surface area contributed by atoms with Crippen molar-refractivity contribution in [2.24, 2.45) is 0 Å². The van der Waals surface area contributed by atoms with Crippen molar-refractivity contribution >= 4 is 17.6 Å². The standard InChI is InChI=1S/C19H21NO4/c1-14-8-10-17(11-9-14)23-13-12-18(21)24-15(2)19(22)20-16-6-4-3-5-7-16/h3-11,15H,12-13H2,1-2H3,(H,20,22). The molecule has 126 valence electrons. The second kappa shape index (κ2) is 8.72. The lowest BCUT2D eigenvalue weighted by Crippen LogP contribution is -2.30. The Hall–Kier alpha value is -2.82. The smallest absolute Gasteiger partial charge is 0.310 e. The van der Waals surface area contributed by atoms with Gasteiger partial charge >= 0.3 is 5.97 Å². The van der Waals surface area contributed by atoms with Crippen molar-refractivity contribution in [3.63, 3.8) is 0 Å². The number of rotatable bonds is 7. The fraction of sp³-hybridized carbons (Fsp3) is 0.263. The van der Waals surface area contributed by atoms with Crippen LogP contribution >= 0.6 is 0 Å². The highest BCUT2D eigenvalue weighted by Crippen LogP contribution is 2.12. The lowest BCUT2D eigenvalue weighted by atomic mass is 10.2. The van der Waals surface area contributed by atoms with E-state index < -0.39 is 12.1 Å². The number of amides is 1. The summed E-state index contributed by atoms with van der Waals surface area (Å²) in [5.74, 6) is -0.143. The summed E-state index contributed by atoms with van der Waals surface area (Å²) in [7, 11) is 0. The number of aryl methyl sites for hydroxylation is 1. The van der Waals surface area contributed by atoms with E-state index in [1.54, 1.807) is 12.1 Å². The Bertz CT molecular complexity index is 668. The Kier molecular flexibility index (Phi) is 6.37. The van der Waals surface area contributed by atoms with Gasteiger partial charge in [-0.15, -0.1) is 0 Å². The lowest BCUT2D eigenvalue weighted by molar-refractivity contribution is -0.153. The lowest BCUT2D eigenvalue weighted by Gasteiger charge is -2.13.